The first-order chi connectivity index (χ1) is 4.77. The molecular weight excluding hydrogens is 130 g/mol. The first kappa shape index (κ1) is 7.54. The van der Waals surface area contributed by atoms with Crippen LogP contribution in [0.25, 0.3) is 0 Å². The maximum absolute atomic E-state index is 8.76. The molecule has 0 saturated heterocycles. The van der Waals surface area contributed by atoms with Gasteiger partial charge in [0, 0.05) is 6.42 Å². The molecule has 1 rings (SSSR count). The minimum absolute atomic E-state index is 0.0325. The second-order valence-electron chi connectivity index (χ2n) is 2.45. The summed E-state index contributed by atoms with van der Waals surface area (Å²) >= 11 is 0. The van der Waals surface area contributed by atoms with Gasteiger partial charge in [0.15, 0.2) is 5.90 Å². The lowest BCUT2D eigenvalue weighted by Gasteiger charge is -2.08. The summed E-state index contributed by atoms with van der Waals surface area (Å²) in [5, 5.41) is 8.76. The SMILES string of the molecule is CCC1=NC(CO)C(C)O1. The zero-order chi connectivity index (χ0) is 7.56. The lowest BCUT2D eigenvalue weighted by molar-refractivity contribution is 0.162. The number of ether oxygens (including phenoxy) is 1. The molecule has 3 nitrogen and oxygen atoms in total. The van der Waals surface area contributed by atoms with Crippen LogP contribution in [-0.2, 0) is 4.74 Å². The molecule has 3 heteroatoms. The van der Waals surface area contributed by atoms with Gasteiger partial charge in [-0.25, -0.2) is 4.99 Å². The first-order valence-corrected chi connectivity index (χ1v) is 3.62. The Hall–Kier alpha value is -0.570. The molecular formula is C7H13NO2. The van der Waals surface area contributed by atoms with E-state index in [0.29, 0.717) is 0 Å². The van der Waals surface area contributed by atoms with Crippen molar-refractivity contribution in [2.45, 2.75) is 32.4 Å². The summed E-state index contributed by atoms with van der Waals surface area (Å²) in [4.78, 5) is 4.15. The normalized spacial score (nSPS) is 31.7. The van der Waals surface area contributed by atoms with E-state index in [1.54, 1.807) is 0 Å². The van der Waals surface area contributed by atoms with Gasteiger partial charge in [-0.15, -0.1) is 0 Å². The molecule has 0 aromatic rings. The molecule has 0 aromatic heterocycles. The standard InChI is InChI=1S/C7H13NO2/c1-3-7-8-6(4-9)5(2)10-7/h5-6,9H,3-4H2,1-2H3. The fraction of sp³-hybridized carbons (Fsp3) is 0.857. The van der Waals surface area contributed by atoms with E-state index >= 15 is 0 Å². The van der Waals surface area contributed by atoms with Gasteiger partial charge in [-0.2, -0.15) is 0 Å². The average Bonchev–Trinajstić information content (AvgIpc) is 2.30. The van der Waals surface area contributed by atoms with Crippen LogP contribution in [0.3, 0.4) is 0 Å². The summed E-state index contributed by atoms with van der Waals surface area (Å²) in [5.41, 5.74) is 0. The topological polar surface area (TPSA) is 41.8 Å². The van der Waals surface area contributed by atoms with Crippen LogP contribution in [0.2, 0.25) is 0 Å². The maximum atomic E-state index is 8.76. The highest BCUT2D eigenvalue weighted by Gasteiger charge is 2.24. The Labute approximate surface area is 60.7 Å². The predicted molar refractivity (Wildman–Crippen MR) is 39.1 cm³/mol. The highest BCUT2D eigenvalue weighted by Crippen LogP contribution is 2.13. The van der Waals surface area contributed by atoms with E-state index in [1.165, 1.54) is 0 Å². The van der Waals surface area contributed by atoms with Gasteiger partial charge in [-0.05, 0) is 6.92 Å². The van der Waals surface area contributed by atoms with Crippen LogP contribution < -0.4 is 0 Å². The summed E-state index contributed by atoms with van der Waals surface area (Å²) < 4.78 is 5.30. The Kier molecular flexibility index (Phi) is 2.27. The molecule has 58 valence electrons. The number of hydrogen-bond acceptors (Lipinski definition) is 3. The molecule has 2 unspecified atom stereocenters. The second kappa shape index (κ2) is 3.01. The molecule has 10 heavy (non-hydrogen) atoms. The zero-order valence-electron chi connectivity index (χ0n) is 6.37. The van der Waals surface area contributed by atoms with Gasteiger partial charge in [0.2, 0.25) is 0 Å². The molecule has 0 fully saturated rings. The largest absolute Gasteiger partial charge is 0.476 e. The van der Waals surface area contributed by atoms with Gasteiger partial charge >= 0.3 is 0 Å². The highest BCUT2D eigenvalue weighted by atomic mass is 16.5. The van der Waals surface area contributed by atoms with E-state index in [4.69, 9.17) is 9.84 Å². The van der Waals surface area contributed by atoms with Crippen molar-refractivity contribution >= 4 is 5.90 Å². The molecule has 0 saturated carbocycles. The van der Waals surface area contributed by atoms with E-state index < -0.39 is 0 Å². The van der Waals surface area contributed by atoms with Crippen molar-refractivity contribution in [3.8, 4) is 0 Å². The van der Waals surface area contributed by atoms with Gasteiger partial charge in [-0.1, -0.05) is 6.92 Å². The number of rotatable bonds is 2. The van der Waals surface area contributed by atoms with Gasteiger partial charge in [0.05, 0.1) is 6.61 Å². The van der Waals surface area contributed by atoms with Gasteiger partial charge < -0.3 is 9.84 Å². The second-order valence-corrected chi connectivity index (χ2v) is 2.45. The third kappa shape index (κ3) is 1.29. The molecule has 0 amide bonds. The van der Waals surface area contributed by atoms with Crippen molar-refractivity contribution in [2.24, 2.45) is 4.99 Å². The smallest absolute Gasteiger partial charge is 0.183 e. The summed E-state index contributed by atoms with van der Waals surface area (Å²) in [6.45, 7) is 4.00. The maximum Gasteiger partial charge on any atom is 0.183 e. The number of nitrogens with zero attached hydrogens (tertiary/aromatic N) is 1. The third-order valence-corrected chi connectivity index (χ3v) is 1.66. The zero-order valence-corrected chi connectivity index (χ0v) is 6.37. The van der Waals surface area contributed by atoms with Crippen molar-refractivity contribution in [3.63, 3.8) is 0 Å². The Bertz CT molecular complexity index is 145. The number of hydrogen-bond donors (Lipinski definition) is 1. The average molecular weight is 143 g/mol. The van der Waals surface area contributed by atoms with Crippen molar-refractivity contribution in [2.75, 3.05) is 6.61 Å². The van der Waals surface area contributed by atoms with Crippen LogP contribution in [-0.4, -0.2) is 29.8 Å². The lowest BCUT2D eigenvalue weighted by Crippen LogP contribution is -2.21. The molecule has 0 aromatic carbocycles. The molecule has 1 aliphatic rings. The van der Waals surface area contributed by atoms with Crippen LogP contribution >= 0.6 is 0 Å². The Morgan fingerprint density at radius 2 is 2.40 bits per heavy atom. The van der Waals surface area contributed by atoms with Crippen molar-refractivity contribution in [1.29, 1.82) is 0 Å². The molecule has 1 aliphatic heterocycles. The van der Waals surface area contributed by atoms with Crippen molar-refractivity contribution < 1.29 is 9.84 Å². The number of aliphatic imine (C=N–C) groups is 1. The molecule has 2 atom stereocenters. The fourth-order valence-corrected chi connectivity index (χ4v) is 0.977. The van der Waals surface area contributed by atoms with E-state index in [-0.39, 0.29) is 18.8 Å². The van der Waals surface area contributed by atoms with Crippen molar-refractivity contribution in [3.05, 3.63) is 0 Å². The monoisotopic (exact) mass is 143 g/mol. The van der Waals surface area contributed by atoms with E-state index in [9.17, 15) is 0 Å². The van der Waals surface area contributed by atoms with Crippen LogP contribution in [0, 0.1) is 0 Å². The quantitative estimate of drug-likeness (QED) is 0.614. The van der Waals surface area contributed by atoms with Crippen LogP contribution in [0.5, 0.6) is 0 Å². The van der Waals surface area contributed by atoms with Crippen LogP contribution in [0.15, 0.2) is 4.99 Å². The minimum Gasteiger partial charge on any atom is -0.476 e. The highest BCUT2D eigenvalue weighted by molar-refractivity contribution is 5.77. The molecule has 0 spiro atoms. The molecule has 0 bridgehead atoms. The number of aliphatic hydroxyl groups is 1. The summed E-state index contributed by atoms with van der Waals surface area (Å²) in [7, 11) is 0. The summed E-state index contributed by atoms with van der Waals surface area (Å²) in [6, 6.07) is -0.0325. The third-order valence-electron chi connectivity index (χ3n) is 1.66. The molecule has 1 heterocycles. The summed E-state index contributed by atoms with van der Waals surface area (Å²) in [6.07, 6.45) is 0.876. The fourth-order valence-electron chi connectivity index (χ4n) is 0.977. The molecule has 1 N–H and O–H groups in total. The first-order valence-electron chi connectivity index (χ1n) is 3.62. The molecule has 0 aliphatic carbocycles. The Balaban J connectivity index is 2.52. The number of aliphatic hydroxyl groups excluding tert-OH is 1. The van der Waals surface area contributed by atoms with Crippen molar-refractivity contribution in [1.82, 2.24) is 0 Å². The van der Waals surface area contributed by atoms with Gasteiger partial charge in [-0.3, -0.25) is 0 Å². The van der Waals surface area contributed by atoms with Gasteiger partial charge in [0.1, 0.15) is 12.1 Å². The Morgan fingerprint density at radius 1 is 1.70 bits per heavy atom. The lowest BCUT2D eigenvalue weighted by atomic mass is 10.2. The van der Waals surface area contributed by atoms with Gasteiger partial charge in [0.25, 0.3) is 0 Å². The predicted octanol–water partition coefficient (Wildman–Crippen LogP) is 0.575. The van der Waals surface area contributed by atoms with E-state index in [2.05, 4.69) is 4.99 Å². The van der Waals surface area contributed by atoms with E-state index in [0.717, 1.165) is 12.3 Å². The van der Waals surface area contributed by atoms with Crippen LogP contribution in [0.4, 0.5) is 0 Å². The summed E-state index contributed by atoms with van der Waals surface area (Å²) in [5.74, 6) is 0.770. The van der Waals surface area contributed by atoms with E-state index in [1.807, 2.05) is 13.8 Å². The van der Waals surface area contributed by atoms with Crippen LogP contribution in [0.1, 0.15) is 20.3 Å². The molecule has 0 radical (unpaired) electrons. The Morgan fingerprint density at radius 3 is 2.70 bits per heavy atom. The minimum atomic E-state index is -0.0325.